The van der Waals surface area contributed by atoms with Crippen molar-refractivity contribution in [3.63, 3.8) is 0 Å². The van der Waals surface area contributed by atoms with Gasteiger partial charge in [0.25, 0.3) is 0 Å². The van der Waals surface area contributed by atoms with Crippen molar-refractivity contribution in [3.8, 4) is 33.8 Å². The van der Waals surface area contributed by atoms with Gasteiger partial charge in [-0.1, -0.05) is 0 Å². The van der Waals surface area contributed by atoms with Crippen LogP contribution in [0.5, 0.6) is 11.5 Å². The molecule has 6 aromatic carbocycles. The molecule has 3 aliphatic heterocycles. The third-order valence-corrected chi connectivity index (χ3v) is 16.2. The molecule has 0 unspecified atom stereocenters. The van der Waals surface area contributed by atoms with Gasteiger partial charge < -0.3 is 0 Å². The molecule has 0 bridgehead atoms. The van der Waals surface area contributed by atoms with E-state index >= 15 is 0 Å². The first kappa shape index (κ1) is 19.8. The fourth-order valence-electron chi connectivity index (χ4n) is 7.70. The maximum absolute atomic E-state index is 7.91. The molecule has 9 rings (SSSR count). The average Bonchev–Trinajstić information content (AvgIpc) is 3.32. The first-order chi connectivity index (χ1) is 18.2. The molecule has 0 atom stereocenters. The number of rotatable bonds is 0. The summed E-state index contributed by atoms with van der Waals surface area (Å²) in [6, 6.07) is 47.6. The summed E-state index contributed by atoms with van der Waals surface area (Å²) in [5.41, 5.74) is 4.69. The van der Waals surface area contributed by atoms with Crippen LogP contribution < -0.4 is 30.3 Å². The molecule has 0 radical (unpaired) electrons. The molecule has 0 saturated heterocycles. The van der Waals surface area contributed by atoms with Gasteiger partial charge >= 0.3 is 215 Å². The first-order valence-corrected chi connectivity index (χ1v) is 15.2. The third kappa shape index (κ3) is 1.76. The van der Waals surface area contributed by atoms with Crippen LogP contribution in [0.15, 0.2) is 133 Å². The number of fused-ring (bicyclic) bond motifs is 6. The summed E-state index contributed by atoms with van der Waals surface area (Å²) in [5, 5.41) is 6.63. The van der Waals surface area contributed by atoms with Gasteiger partial charge in [0.15, 0.2) is 0 Å². The minimum absolute atomic E-state index is 0.868. The summed E-state index contributed by atoms with van der Waals surface area (Å²) in [7, 11) is 0. The molecule has 0 aliphatic carbocycles. The van der Waals surface area contributed by atoms with Gasteiger partial charge in [0.05, 0.1) is 0 Å². The molecule has 37 heavy (non-hydrogen) atoms. The Morgan fingerprint density at radius 2 is 0.703 bits per heavy atom. The van der Waals surface area contributed by atoms with Crippen molar-refractivity contribution in [2.24, 2.45) is 0 Å². The van der Waals surface area contributed by atoms with Crippen molar-refractivity contribution in [2.75, 3.05) is 0 Å². The molecule has 1 spiro atoms. The summed E-state index contributed by atoms with van der Waals surface area (Å²) in [5.74, 6) is 1.74. The second-order valence-electron chi connectivity index (χ2n) is 10.3. The van der Waals surface area contributed by atoms with E-state index in [-0.39, 0.29) is 0 Å². The van der Waals surface area contributed by atoms with Gasteiger partial charge in [-0.15, -0.1) is 0 Å². The molecular weight excluding hydrogens is 471 g/mol. The van der Waals surface area contributed by atoms with Gasteiger partial charge in [-0.3, -0.25) is 0 Å². The zero-order valence-corrected chi connectivity index (χ0v) is 20.9. The number of hydrogen-bond acceptors (Lipinski definition) is 2. The molecule has 3 heterocycles. The van der Waals surface area contributed by atoms with Crippen LogP contribution in [0.4, 0.5) is 0 Å². The molecule has 176 valence electrons. The van der Waals surface area contributed by atoms with Crippen LogP contribution in [0.25, 0.3) is 33.0 Å². The zero-order chi connectivity index (χ0) is 24.3. The standard InChI is InChI=1S/C34H22O2P/c1-5-19-30-24(13-1)25-14-2-6-20-31(25)37(30,32-21-7-3-15-26(32)27-16-4-8-22-33(27)37)35-28-17-9-11-23-12-10-18-29(36-37)34(23)28/h1-22H/q-1. The van der Waals surface area contributed by atoms with E-state index < -0.39 is 6.40 Å². The van der Waals surface area contributed by atoms with Gasteiger partial charge in [-0.2, -0.15) is 0 Å². The Bertz CT molecular complexity index is 1760. The second kappa shape index (κ2) is 5.94. The topological polar surface area (TPSA) is 18.5 Å². The van der Waals surface area contributed by atoms with Gasteiger partial charge in [-0.25, -0.2) is 0 Å². The Hall–Kier alpha value is -4.39. The first-order valence-electron chi connectivity index (χ1n) is 12.7. The Kier molecular flexibility index (Phi) is 3.17. The monoisotopic (exact) mass is 493 g/mol. The van der Waals surface area contributed by atoms with E-state index in [1.165, 1.54) is 22.3 Å². The Balaban J connectivity index is 1.66. The molecule has 0 N–H and O–H groups in total. The molecule has 0 aromatic heterocycles. The average molecular weight is 494 g/mol. The molecule has 0 saturated carbocycles. The fraction of sp³-hybridized carbons (Fsp3) is 0. The van der Waals surface area contributed by atoms with Crippen LogP contribution in [0, 0.1) is 0 Å². The van der Waals surface area contributed by atoms with E-state index in [0.29, 0.717) is 0 Å². The van der Waals surface area contributed by atoms with Crippen LogP contribution in [0.2, 0.25) is 0 Å². The quantitative estimate of drug-likeness (QED) is 0.217. The normalized spacial score (nSPS) is 19.2. The van der Waals surface area contributed by atoms with Crippen molar-refractivity contribution in [2.45, 2.75) is 0 Å². The molecule has 6 aromatic rings. The van der Waals surface area contributed by atoms with Gasteiger partial charge in [0.1, 0.15) is 0 Å². The molecule has 0 fully saturated rings. The van der Waals surface area contributed by atoms with E-state index in [0.717, 1.165) is 43.5 Å². The third-order valence-electron chi connectivity index (χ3n) is 8.89. The Morgan fingerprint density at radius 1 is 0.351 bits per heavy atom. The molecule has 0 amide bonds. The summed E-state index contributed by atoms with van der Waals surface area (Å²) in [6.07, 6.45) is -4.94. The van der Waals surface area contributed by atoms with E-state index in [1.54, 1.807) is 0 Å². The Morgan fingerprint density at radius 3 is 1.08 bits per heavy atom. The molecule has 2 nitrogen and oxygen atoms in total. The van der Waals surface area contributed by atoms with Gasteiger partial charge in [0.2, 0.25) is 0 Å². The fourth-order valence-corrected chi connectivity index (χ4v) is 16.1. The van der Waals surface area contributed by atoms with E-state index in [2.05, 4.69) is 133 Å². The minimum atomic E-state index is -4.94. The van der Waals surface area contributed by atoms with Crippen molar-refractivity contribution >= 4 is 38.4 Å². The molecular formula is C34H22O2P-. The summed E-state index contributed by atoms with van der Waals surface area (Å²) in [4.78, 5) is 0. The zero-order valence-electron chi connectivity index (χ0n) is 20.0. The van der Waals surface area contributed by atoms with Crippen LogP contribution in [-0.2, 0) is 0 Å². The van der Waals surface area contributed by atoms with E-state index in [9.17, 15) is 0 Å². The summed E-state index contributed by atoms with van der Waals surface area (Å²) >= 11 is 0. The molecule has 3 aliphatic rings. The Labute approximate surface area is 214 Å². The number of benzene rings is 6. The second-order valence-corrected chi connectivity index (χ2v) is 15.6. The van der Waals surface area contributed by atoms with Crippen molar-refractivity contribution in [1.29, 1.82) is 0 Å². The van der Waals surface area contributed by atoms with E-state index in [1.807, 2.05) is 0 Å². The number of hydrogen-bond donors (Lipinski definition) is 0. The molecule has 3 heteroatoms. The van der Waals surface area contributed by atoms with Crippen molar-refractivity contribution in [3.05, 3.63) is 133 Å². The predicted molar refractivity (Wildman–Crippen MR) is 154 cm³/mol. The van der Waals surface area contributed by atoms with Crippen molar-refractivity contribution < 1.29 is 9.05 Å². The van der Waals surface area contributed by atoms with Gasteiger partial charge in [0, 0.05) is 0 Å². The van der Waals surface area contributed by atoms with Gasteiger partial charge in [-0.05, 0) is 0 Å². The maximum atomic E-state index is 7.91. The van der Waals surface area contributed by atoms with Crippen LogP contribution in [0.3, 0.4) is 0 Å². The predicted octanol–water partition coefficient (Wildman–Crippen LogP) is 6.79. The summed E-state index contributed by atoms with van der Waals surface area (Å²) in [6.45, 7) is 0. The summed E-state index contributed by atoms with van der Waals surface area (Å²) < 4.78 is 15.8. The van der Waals surface area contributed by atoms with Crippen LogP contribution in [-0.4, -0.2) is 0 Å². The van der Waals surface area contributed by atoms with Crippen molar-refractivity contribution in [1.82, 2.24) is 0 Å². The SMILES string of the molecule is c1ccc2c(c1)-c1ccccc1[P-]213(Oc2cccc4cccc(c24)O1)c1ccccc1-c1ccccc13. The van der Waals surface area contributed by atoms with Crippen LogP contribution >= 0.6 is 6.40 Å². The van der Waals surface area contributed by atoms with E-state index in [4.69, 9.17) is 9.05 Å². The van der Waals surface area contributed by atoms with Crippen LogP contribution in [0.1, 0.15) is 0 Å².